The molecule has 4 aliphatic heterocycles. The van der Waals surface area contributed by atoms with Crippen molar-refractivity contribution in [2.24, 2.45) is 23.7 Å². The first kappa shape index (κ1) is 43.9. The summed E-state index contributed by atoms with van der Waals surface area (Å²) in [6.45, 7) is 2.08. The highest BCUT2D eigenvalue weighted by Crippen LogP contribution is 2.55. The van der Waals surface area contributed by atoms with Crippen LogP contribution in [-0.4, -0.2) is 117 Å². The van der Waals surface area contributed by atoms with E-state index in [1.807, 2.05) is 40.1 Å². The van der Waals surface area contributed by atoms with Gasteiger partial charge < -0.3 is 49.7 Å². The number of aromatic amines is 2. The largest absolute Gasteiger partial charge is 0.465 e. The summed E-state index contributed by atoms with van der Waals surface area (Å²) >= 11 is 13.6. The molecule has 0 bridgehead atoms. The zero-order valence-electron chi connectivity index (χ0n) is 36.9. The molecule has 5 aromatic rings. The average Bonchev–Trinajstić information content (AvgIpc) is 4.06. The number of H-pyrrole nitrogens is 2. The van der Waals surface area contributed by atoms with E-state index in [0.717, 1.165) is 58.7 Å². The minimum absolute atomic E-state index is 0.0591. The number of benzene rings is 3. The van der Waals surface area contributed by atoms with Gasteiger partial charge in [-0.15, -0.1) is 0 Å². The molecular weight excluding hydrogens is 899 g/mol. The summed E-state index contributed by atoms with van der Waals surface area (Å²) in [4.78, 5) is 72.9. The molecule has 6 fully saturated rings. The van der Waals surface area contributed by atoms with Crippen LogP contribution in [0.2, 0.25) is 10.3 Å². The van der Waals surface area contributed by atoms with Crippen LogP contribution in [0.4, 0.5) is 9.59 Å². The average molecular weight is 952 g/mol. The number of alkyl carbamates (subject to hydrolysis) is 1. The predicted molar refractivity (Wildman–Crippen MR) is 248 cm³/mol. The number of fused-ring (bicyclic) bond motifs is 3. The SMILES string of the molecule is COC(=O)N[C@H](C(=O)N1[C@@H]2C[C@@H]2C[C@H]1c1nc(Cl)c(-c2ccc3cc(-c4ccc(-c5[nH]c([C@@H]6C[C@H]7C[C@H]7N6C(=O)[C@@H](NC(=O)O)C6CCOCC6)nc5Cl)cc4)ccc3c2)[nH]1)C1CCOCC1. The first-order chi connectivity index (χ1) is 32.5. The number of amides is 4. The van der Waals surface area contributed by atoms with E-state index >= 15 is 0 Å². The van der Waals surface area contributed by atoms with Gasteiger partial charge in [0.25, 0.3) is 0 Å². The van der Waals surface area contributed by atoms with Gasteiger partial charge >= 0.3 is 12.2 Å². The quantitative estimate of drug-likeness (QED) is 0.0860. The number of likely N-dealkylation sites (tertiary alicyclic amines) is 2. The van der Waals surface area contributed by atoms with Crippen LogP contribution in [0.15, 0.2) is 60.7 Å². The summed E-state index contributed by atoms with van der Waals surface area (Å²) in [6.07, 6.45) is 4.08. The lowest BCUT2D eigenvalue weighted by molar-refractivity contribution is -0.138. The fraction of sp³-hybridized carbons (Fsp3) is 0.469. The van der Waals surface area contributed by atoms with Crippen molar-refractivity contribution in [3.63, 3.8) is 0 Å². The molecule has 5 N–H and O–H groups in total. The Bertz CT molecular complexity index is 2730. The van der Waals surface area contributed by atoms with E-state index in [-0.39, 0.29) is 47.8 Å². The van der Waals surface area contributed by atoms with Crippen molar-refractivity contribution in [3.8, 4) is 33.6 Å². The second-order valence-electron chi connectivity index (χ2n) is 19.0. The van der Waals surface area contributed by atoms with Gasteiger partial charge in [0.2, 0.25) is 11.8 Å². The van der Waals surface area contributed by atoms with Crippen LogP contribution in [0.25, 0.3) is 44.4 Å². The van der Waals surface area contributed by atoms with E-state index < -0.39 is 24.3 Å². The second kappa shape index (κ2) is 17.8. The molecule has 3 aromatic carbocycles. The lowest BCUT2D eigenvalue weighted by Crippen LogP contribution is -2.54. The predicted octanol–water partition coefficient (Wildman–Crippen LogP) is 8.13. The lowest BCUT2D eigenvalue weighted by atomic mass is 9.90. The molecule has 4 amide bonds. The molecule has 8 atom stereocenters. The molecule has 2 aromatic heterocycles. The number of nitrogens with one attached hydrogen (secondary N) is 4. The summed E-state index contributed by atoms with van der Waals surface area (Å²) < 4.78 is 16.0. The number of ether oxygens (including phenoxy) is 3. The maximum absolute atomic E-state index is 14.3. The summed E-state index contributed by atoms with van der Waals surface area (Å²) in [7, 11) is 1.30. The number of piperidine rings is 2. The van der Waals surface area contributed by atoms with Gasteiger partial charge in [0.1, 0.15) is 23.7 Å². The molecule has 6 aliphatic rings. The maximum atomic E-state index is 14.3. The van der Waals surface area contributed by atoms with Gasteiger partial charge in [0.15, 0.2) is 10.3 Å². The van der Waals surface area contributed by atoms with Gasteiger partial charge in [-0.05, 0) is 109 Å². The van der Waals surface area contributed by atoms with E-state index in [4.69, 9.17) is 47.4 Å². The molecule has 2 aliphatic carbocycles. The standard InChI is InChI=1S/C49H52Cl2N8O8/c1-65-49(64)55-41(27-12-16-67-17-13-27)47(61)59-35-21-33(35)23-37(59)45-53-39(43(51)57-45)31-9-8-29-18-28(6-7-30(29)19-31)24-2-4-25(5-3-24)38-42(50)56-44(52-38)36-22-32-20-34(32)58(36)46(60)40(54-48(62)63)26-10-14-66-15-11-26/h2-9,18-19,26-27,32-37,40-41,54H,10-17,20-23H2,1H3,(H,52,56)(H,53,57)(H,55,64)(H,62,63)/t32-,33-,34-,35-,36+,37+,40+,41+/m1/s1. The third kappa shape index (κ3) is 8.40. The van der Waals surface area contributed by atoms with Crippen molar-refractivity contribution < 1.29 is 38.5 Å². The highest BCUT2D eigenvalue weighted by Gasteiger charge is 2.58. The van der Waals surface area contributed by atoms with Crippen LogP contribution in [0.3, 0.4) is 0 Å². The van der Waals surface area contributed by atoms with Crippen LogP contribution >= 0.6 is 23.2 Å². The summed E-state index contributed by atoms with van der Waals surface area (Å²) in [5.74, 6) is 1.43. The third-order valence-corrected chi connectivity index (χ3v) is 15.6. The second-order valence-corrected chi connectivity index (χ2v) is 19.7. The monoisotopic (exact) mass is 950 g/mol. The fourth-order valence-electron chi connectivity index (χ4n) is 11.4. The van der Waals surface area contributed by atoms with E-state index in [9.17, 15) is 24.3 Å². The molecule has 6 heterocycles. The minimum Gasteiger partial charge on any atom is -0.465 e. The number of nitrogens with zero attached hydrogens (tertiary/aromatic N) is 4. The Balaban J connectivity index is 0.790. The molecule has 4 saturated heterocycles. The number of imidazole rings is 2. The number of carbonyl (C=O) groups is 4. The third-order valence-electron chi connectivity index (χ3n) is 15.1. The molecule has 67 heavy (non-hydrogen) atoms. The number of halogens is 2. The highest BCUT2D eigenvalue weighted by atomic mass is 35.5. The Morgan fingerprint density at radius 1 is 0.657 bits per heavy atom. The molecule has 16 nitrogen and oxygen atoms in total. The van der Waals surface area contributed by atoms with Crippen molar-refractivity contribution in [2.45, 2.75) is 87.6 Å². The van der Waals surface area contributed by atoms with Gasteiger partial charge in [-0.3, -0.25) is 9.59 Å². The number of aromatic nitrogens is 4. The molecule has 350 valence electrons. The summed E-state index contributed by atoms with van der Waals surface area (Å²) in [6, 6.07) is 18.5. The fourth-order valence-corrected chi connectivity index (χ4v) is 11.9. The lowest BCUT2D eigenvalue weighted by Gasteiger charge is -2.35. The van der Waals surface area contributed by atoms with Crippen molar-refractivity contribution in [1.29, 1.82) is 0 Å². The van der Waals surface area contributed by atoms with E-state index in [0.29, 0.717) is 97.3 Å². The van der Waals surface area contributed by atoms with Gasteiger partial charge in [-0.1, -0.05) is 71.7 Å². The Kier molecular flexibility index (Phi) is 11.6. The first-order valence-electron chi connectivity index (χ1n) is 23.3. The smallest absolute Gasteiger partial charge is 0.407 e. The Morgan fingerprint density at radius 3 is 1.61 bits per heavy atom. The number of carboxylic acid groups (broad SMARTS) is 1. The highest BCUT2D eigenvalue weighted by molar-refractivity contribution is 6.32. The minimum atomic E-state index is -1.21. The van der Waals surface area contributed by atoms with Crippen molar-refractivity contribution in [3.05, 3.63) is 82.6 Å². The molecule has 2 saturated carbocycles. The van der Waals surface area contributed by atoms with Gasteiger partial charge in [-0.2, -0.15) is 0 Å². The molecule has 0 spiro atoms. The first-order valence-corrected chi connectivity index (χ1v) is 24.1. The van der Waals surface area contributed by atoms with Gasteiger partial charge in [-0.25, -0.2) is 19.6 Å². The van der Waals surface area contributed by atoms with Crippen molar-refractivity contribution in [2.75, 3.05) is 33.5 Å². The van der Waals surface area contributed by atoms with Crippen LogP contribution < -0.4 is 10.6 Å². The Morgan fingerprint density at radius 2 is 1.10 bits per heavy atom. The van der Waals surface area contributed by atoms with Crippen LogP contribution in [0.5, 0.6) is 0 Å². The van der Waals surface area contributed by atoms with Crippen LogP contribution in [0, 0.1) is 23.7 Å². The zero-order valence-corrected chi connectivity index (χ0v) is 38.4. The number of rotatable bonds is 11. The molecule has 11 rings (SSSR count). The number of hydrogen-bond acceptors (Lipinski definition) is 9. The van der Waals surface area contributed by atoms with Gasteiger partial charge in [0.05, 0.1) is 30.6 Å². The van der Waals surface area contributed by atoms with E-state index in [1.54, 1.807) is 0 Å². The van der Waals surface area contributed by atoms with Gasteiger partial charge in [0, 0.05) is 49.6 Å². The van der Waals surface area contributed by atoms with Crippen LogP contribution in [0.1, 0.15) is 75.1 Å². The summed E-state index contributed by atoms with van der Waals surface area (Å²) in [5, 5.41) is 17.7. The Labute approximate surface area is 396 Å². The van der Waals surface area contributed by atoms with E-state index in [2.05, 4.69) is 50.9 Å². The normalized spacial score (nSPS) is 25.6. The molecular formula is C49H52Cl2N8O8. The maximum Gasteiger partial charge on any atom is 0.407 e. The van der Waals surface area contributed by atoms with Crippen molar-refractivity contribution in [1.82, 2.24) is 40.4 Å². The summed E-state index contributed by atoms with van der Waals surface area (Å²) in [5.41, 5.74) is 5.10. The molecule has 0 radical (unpaired) electrons. The number of carbonyl (C=O) groups excluding carboxylic acids is 3. The number of methoxy groups -OCH3 is 1. The Hall–Kier alpha value is -5.68. The molecule has 18 heteroatoms. The van der Waals surface area contributed by atoms with E-state index in [1.165, 1.54) is 7.11 Å². The number of hydrogen-bond donors (Lipinski definition) is 5. The topological polar surface area (TPSA) is 204 Å². The van der Waals surface area contributed by atoms with Crippen LogP contribution in [-0.2, 0) is 23.8 Å². The molecule has 0 unspecified atom stereocenters. The zero-order chi connectivity index (χ0) is 46.1. The van der Waals surface area contributed by atoms with Crippen molar-refractivity contribution >= 4 is 58.0 Å².